The topological polar surface area (TPSA) is 110 Å². The molecule has 354 valence electrons. The van der Waals surface area contributed by atoms with Crippen molar-refractivity contribution in [1.82, 2.24) is 5.32 Å². The fourth-order valence-electron chi connectivity index (χ4n) is 8.82. The lowest BCUT2D eigenvalue weighted by Gasteiger charge is -2.27. The molecule has 1 amide bonds. The van der Waals surface area contributed by atoms with E-state index >= 15 is 0 Å². The zero-order chi connectivity index (χ0) is 43.1. The molecule has 59 heavy (non-hydrogen) atoms. The van der Waals surface area contributed by atoms with Crippen LogP contribution in [0.1, 0.15) is 303 Å². The highest BCUT2D eigenvalue weighted by Gasteiger charge is 2.28. The number of rotatable bonds is 50. The van der Waals surface area contributed by atoms with Gasteiger partial charge in [0.25, 0.3) is 0 Å². The van der Waals surface area contributed by atoms with Gasteiger partial charge < -0.3 is 25.7 Å². The average Bonchev–Trinajstić information content (AvgIpc) is 3.24. The average molecular weight is 838 g/mol. The highest BCUT2D eigenvalue weighted by molar-refractivity contribution is 5.80. The summed E-state index contributed by atoms with van der Waals surface area (Å²) >= 11 is 0. The van der Waals surface area contributed by atoms with E-state index in [0.29, 0.717) is 12.8 Å². The largest absolute Gasteiger partial charge is 0.394 e. The Bertz CT molecular complexity index is 811. The molecule has 0 aromatic carbocycles. The minimum Gasteiger partial charge on any atom is -0.394 e. The Morgan fingerprint density at radius 3 is 0.814 bits per heavy atom. The van der Waals surface area contributed by atoms with Gasteiger partial charge >= 0.3 is 0 Å². The number of aliphatic hydroxyl groups excluding tert-OH is 4. The molecule has 0 aliphatic heterocycles. The van der Waals surface area contributed by atoms with E-state index in [9.17, 15) is 25.2 Å². The minimum atomic E-state index is -1.25. The van der Waals surface area contributed by atoms with Crippen molar-refractivity contribution >= 4 is 5.91 Å². The molecule has 0 saturated carbocycles. The summed E-state index contributed by atoms with van der Waals surface area (Å²) in [4.78, 5) is 12.6. The van der Waals surface area contributed by atoms with E-state index in [-0.39, 0.29) is 0 Å². The predicted molar refractivity (Wildman–Crippen MR) is 256 cm³/mol. The SMILES string of the molecule is CCCCCCCCCCCCCCCCCCCCCCCCCCCCC(O)C(=O)NC(CO)C(O)C(O)CCCCCCCCCCCCCCCCCCC. The van der Waals surface area contributed by atoms with E-state index in [1.54, 1.807) is 0 Å². The molecule has 0 aliphatic carbocycles. The first kappa shape index (κ1) is 58.3. The number of carbonyl (C=O) groups excluding carboxylic acids is 1. The summed E-state index contributed by atoms with van der Waals surface area (Å²) in [5, 5.41) is 43.9. The number of amides is 1. The Kier molecular flexibility index (Phi) is 47.8. The van der Waals surface area contributed by atoms with E-state index in [1.807, 2.05) is 0 Å². The van der Waals surface area contributed by atoms with Crippen LogP contribution in [0, 0.1) is 0 Å². The van der Waals surface area contributed by atoms with Crippen LogP contribution in [0.2, 0.25) is 0 Å². The van der Waals surface area contributed by atoms with E-state index in [2.05, 4.69) is 19.2 Å². The van der Waals surface area contributed by atoms with Gasteiger partial charge in [-0.3, -0.25) is 4.79 Å². The van der Waals surface area contributed by atoms with Gasteiger partial charge in [-0.2, -0.15) is 0 Å². The fraction of sp³-hybridized carbons (Fsp3) is 0.981. The molecule has 6 nitrogen and oxygen atoms in total. The van der Waals surface area contributed by atoms with Crippen molar-refractivity contribution in [3.05, 3.63) is 0 Å². The summed E-state index contributed by atoms with van der Waals surface area (Å²) in [6, 6.07) is -0.980. The van der Waals surface area contributed by atoms with Crippen molar-refractivity contribution in [1.29, 1.82) is 0 Å². The molecular formula is C53H107NO5. The van der Waals surface area contributed by atoms with Crippen LogP contribution in [0.3, 0.4) is 0 Å². The molecule has 0 rings (SSSR count). The lowest BCUT2D eigenvalue weighted by Crippen LogP contribution is -2.53. The van der Waals surface area contributed by atoms with Crippen LogP contribution in [0.5, 0.6) is 0 Å². The fourth-order valence-corrected chi connectivity index (χ4v) is 8.82. The predicted octanol–water partition coefficient (Wildman–Crippen LogP) is 15.1. The van der Waals surface area contributed by atoms with Crippen LogP contribution in [0.4, 0.5) is 0 Å². The van der Waals surface area contributed by atoms with Gasteiger partial charge in [0.1, 0.15) is 12.2 Å². The molecular weight excluding hydrogens is 731 g/mol. The number of unbranched alkanes of at least 4 members (excludes halogenated alkanes) is 41. The third kappa shape index (κ3) is 42.4. The van der Waals surface area contributed by atoms with Crippen LogP contribution in [0.15, 0.2) is 0 Å². The molecule has 0 heterocycles. The van der Waals surface area contributed by atoms with Crippen LogP contribution in [-0.4, -0.2) is 57.3 Å². The van der Waals surface area contributed by atoms with Gasteiger partial charge in [-0.05, 0) is 12.8 Å². The number of aliphatic hydroxyl groups is 4. The van der Waals surface area contributed by atoms with E-state index in [0.717, 1.165) is 38.5 Å². The number of hydrogen-bond acceptors (Lipinski definition) is 5. The van der Waals surface area contributed by atoms with Crippen LogP contribution < -0.4 is 5.32 Å². The Balaban J connectivity index is 3.58. The van der Waals surface area contributed by atoms with Crippen molar-refractivity contribution in [2.24, 2.45) is 0 Å². The van der Waals surface area contributed by atoms with Gasteiger partial charge in [0.2, 0.25) is 5.91 Å². The Hall–Kier alpha value is -0.690. The number of hydrogen-bond donors (Lipinski definition) is 5. The summed E-state index contributed by atoms with van der Waals surface area (Å²) in [6.07, 6.45) is 54.5. The molecule has 0 saturated heterocycles. The molecule has 0 aromatic rings. The third-order valence-corrected chi connectivity index (χ3v) is 13.1. The monoisotopic (exact) mass is 838 g/mol. The highest BCUT2D eigenvalue weighted by Crippen LogP contribution is 2.18. The Morgan fingerprint density at radius 2 is 0.576 bits per heavy atom. The van der Waals surface area contributed by atoms with Crippen LogP contribution in [0.25, 0.3) is 0 Å². The summed E-state index contributed by atoms with van der Waals surface area (Å²) < 4.78 is 0. The maximum Gasteiger partial charge on any atom is 0.249 e. The molecule has 0 fully saturated rings. The van der Waals surface area contributed by atoms with Crippen molar-refractivity contribution in [2.45, 2.75) is 327 Å². The zero-order valence-corrected chi connectivity index (χ0v) is 40.0. The van der Waals surface area contributed by atoms with Gasteiger partial charge in [0.05, 0.1) is 18.8 Å². The second-order valence-electron chi connectivity index (χ2n) is 18.9. The first-order valence-electron chi connectivity index (χ1n) is 26.9. The van der Waals surface area contributed by atoms with Crippen molar-refractivity contribution in [3.63, 3.8) is 0 Å². The lowest BCUT2D eigenvalue weighted by atomic mass is 9.99. The molecule has 0 aromatic heterocycles. The van der Waals surface area contributed by atoms with Gasteiger partial charge in [0.15, 0.2) is 0 Å². The number of carbonyl (C=O) groups is 1. The maximum atomic E-state index is 12.6. The first-order chi connectivity index (χ1) is 29.0. The molecule has 0 spiro atoms. The van der Waals surface area contributed by atoms with Gasteiger partial charge in [-0.25, -0.2) is 0 Å². The lowest BCUT2D eigenvalue weighted by molar-refractivity contribution is -0.132. The standard InChI is InChI=1S/C53H107NO5/c1-3-5-7-9-11-13-15-17-19-21-22-23-24-25-26-27-28-29-31-33-35-37-39-41-43-45-47-51(57)53(59)54-49(48-55)52(58)50(56)46-44-42-40-38-36-34-32-30-20-18-16-14-12-10-8-6-4-2/h49-52,55-58H,3-48H2,1-2H3,(H,54,59). The normalized spacial score (nSPS) is 13.8. The molecule has 0 bridgehead atoms. The molecule has 5 N–H and O–H groups in total. The Morgan fingerprint density at radius 1 is 0.356 bits per heavy atom. The first-order valence-corrected chi connectivity index (χ1v) is 26.9. The van der Waals surface area contributed by atoms with E-state index in [1.165, 1.54) is 238 Å². The summed E-state index contributed by atoms with van der Waals surface area (Å²) in [7, 11) is 0. The van der Waals surface area contributed by atoms with E-state index in [4.69, 9.17) is 0 Å². The molecule has 0 radical (unpaired) electrons. The molecule has 0 aliphatic rings. The summed E-state index contributed by atoms with van der Waals surface area (Å²) in [5.74, 6) is -0.576. The second-order valence-corrected chi connectivity index (χ2v) is 18.9. The zero-order valence-electron chi connectivity index (χ0n) is 40.0. The molecule has 4 unspecified atom stereocenters. The van der Waals surface area contributed by atoms with Crippen LogP contribution in [-0.2, 0) is 4.79 Å². The maximum absolute atomic E-state index is 12.6. The van der Waals surface area contributed by atoms with Gasteiger partial charge in [0, 0.05) is 0 Å². The second kappa shape index (κ2) is 48.3. The van der Waals surface area contributed by atoms with Crippen LogP contribution >= 0.6 is 0 Å². The molecule has 4 atom stereocenters. The Labute approximate surface area is 369 Å². The summed E-state index contributed by atoms with van der Waals surface area (Å²) in [6.45, 7) is 4.09. The van der Waals surface area contributed by atoms with Gasteiger partial charge in [-0.15, -0.1) is 0 Å². The molecule has 6 heteroatoms. The van der Waals surface area contributed by atoms with Crippen molar-refractivity contribution in [2.75, 3.05) is 6.61 Å². The van der Waals surface area contributed by atoms with Gasteiger partial charge in [-0.1, -0.05) is 290 Å². The minimum absolute atomic E-state index is 0.376. The smallest absolute Gasteiger partial charge is 0.249 e. The third-order valence-electron chi connectivity index (χ3n) is 13.1. The number of nitrogens with one attached hydrogen (secondary N) is 1. The van der Waals surface area contributed by atoms with Crippen molar-refractivity contribution < 1.29 is 25.2 Å². The quantitative estimate of drug-likeness (QED) is 0.0392. The highest BCUT2D eigenvalue weighted by atomic mass is 16.3. The van der Waals surface area contributed by atoms with E-state index < -0.39 is 36.9 Å². The van der Waals surface area contributed by atoms with Crippen molar-refractivity contribution in [3.8, 4) is 0 Å². The summed E-state index contributed by atoms with van der Waals surface area (Å²) in [5.41, 5.74) is 0.